The van der Waals surface area contributed by atoms with Crippen LogP contribution in [0.15, 0.2) is 48.5 Å². The van der Waals surface area contributed by atoms with E-state index in [1.807, 2.05) is 0 Å². The lowest BCUT2D eigenvalue weighted by molar-refractivity contribution is 0.00583. The fraction of sp³-hybridized carbons (Fsp3) is 0.176. The molecule has 1 aliphatic heterocycles. The van der Waals surface area contributed by atoms with E-state index >= 15 is 0 Å². The fourth-order valence-corrected chi connectivity index (χ4v) is 2.42. The average Bonchev–Trinajstić information content (AvgIpc) is 2.51. The first-order valence-corrected chi connectivity index (χ1v) is 6.93. The Morgan fingerprint density at radius 2 is 1.59 bits per heavy atom. The standard InChI is InChI=1S/C17H14FNO3/c18-12-7-5-11(6-8-12)16(21)14-3-1-2-4-15(14)17(22)19-9-13(20)10-19/h1-8,13,20H,9-10H2. The van der Waals surface area contributed by atoms with E-state index in [0.29, 0.717) is 11.1 Å². The smallest absolute Gasteiger partial charge is 0.254 e. The van der Waals surface area contributed by atoms with Crippen LogP contribution in [-0.4, -0.2) is 40.9 Å². The molecular weight excluding hydrogens is 285 g/mol. The summed E-state index contributed by atoms with van der Waals surface area (Å²) in [5.41, 5.74) is 0.898. The Balaban J connectivity index is 1.92. The van der Waals surface area contributed by atoms with Gasteiger partial charge in [0.25, 0.3) is 5.91 Å². The number of halogens is 1. The summed E-state index contributed by atoms with van der Waals surface area (Å²) in [5.74, 6) is -1.03. The number of ketones is 1. The molecule has 1 N–H and O–H groups in total. The number of benzene rings is 2. The topological polar surface area (TPSA) is 57.6 Å². The van der Waals surface area contributed by atoms with Crippen LogP contribution in [0.2, 0.25) is 0 Å². The van der Waals surface area contributed by atoms with Crippen molar-refractivity contribution in [1.29, 1.82) is 0 Å². The van der Waals surface area contributed by atoms with Crippen molar-refractivity contribution in [2.24, 2.45) is 0 Å². The first-order valence-electron chi connectivity index (χ1n) is 6.93. The van der Waals surface area contributed by atoms with Gasteiger partial charge in [-0.25, -0.2) is 4.39 Å². The summed E-state index contributed by atoms with van der Waals surface area (Å²) in [6.45, 7) is 0.551. The maximum Gasteiger partial charge on any atom is 0.254 e. The van der Waals surface area contributed by atoms with E-state index < -0.39 is 11.9 Å². The Labute approximate surface area is 126 Å². The van der Waals surface area contributed by atoms with Crippen LogP contribution in [0.5, 0.6) is 0 Å². The lowest BCUT2D eigenvalue weighted by Crippen LogP contribution is -2.53. The summed E-state index contributed by atoms with van der Waals surface area (Å²) in [5, 5.41) is 9.30. The van der Waals surface area contributed by atoms with Crippen LogP contribution >= 0.6 is 0 Å². The van der Waals surface area contributed by atoms with Crippen LogP contribution in [-0.2, 0) is 0 Å². The molecule has 22 heavy (non-hydrogen) atoms. The van der Waals surface area contributed by atoms with Gasteiger partial charge in [-0.05, 0) is 30.3 Å². The third kappa shape index (κ3) is 2.63. The van der Waals surface area contributed by atoms with Crippen molar-refractivity contribution in [3.05, 3.63) is 71.0 Å². The second-order valence-corrected chi connectivity index (χ2v) is 5.25. The van der Waals surface area contributed by atoms with Gasteiger partial charge in [0.15, 0.2) is 5.78 Å². The SMILES string of the molecule is O=C(c1ccc(F)cc1)c1ccccc1C(=O)N1CC(O)C1. The summed E-state index contributed by atoms with van der Waals surface area (Å²) in [7, 11) is 0. The van der Waals surface area contributed by atoms with E-state index in [9.17, 15) is 19.1 Å². The minimum Gasteiger partial charge on any atom is -0.389 e. The van der Waals surface area contributed by atoms with Crippen LogP contribution in [0.1, 0.15) is 26.3 Å². The molecule has 0 bridgehead atoms. The van der Waals surface area contributed by atoms with Crippen molar-refractivity contribution >= 4 is 11.7 Å². The maximum atomic E-state index is 13.0. The van der Waals surface area contributed by atoms with Crippen LogP contribution in [0.4, 0.5) is 4.39 Å². The monoisotopic (exact) mass is 299 g/mol. The first-order chi connectivity index (χ1) is 10.6. The molecule has 1 aliphatic rings. The molecule has 4 nitrogen and oxygen atoms in total. The summed E-state index contributed by atoms with van der Waals surface area (Å²) in [6, 6.07) is 11.7. The average molecular weight is 299 g/mol. The second-order valence-electron chi connectivity index (χ2n) is 5.25. The van der Waals surface area contributed by atoms with Crippen molar-refractivity contribution in [2.75, 3.05) is 13.1 Å². The predicted molar refractivity (Wildman–Crippen MR) is 78.2 cm³/mol. The molecule has 1 amide bonds. The number of hydrogen-bond donors (Lipinski definition) is 1. The van der Waals surface area contributed by atoms with Crippen LogP contribution in [0.3, 0.4) is 0 Å². The minimum absolute atomic E-state index is 0.276. The number of aliphatic hydroxyl groups excluding tert-OH is 1. The Morgan fingerprint density at radius 1 is 1.00 bits per heavy atom. The summed E-state index contributed by atoms with van der Waals surface area (Å²) in [6.07, 6.45) is -0.496. The maximum absolute atomic E-state index is 13.0. The van der Waals surface area contributed by atoms with Gasteiger partial charge in [0.05, 0.1) is 11.7 Å². The highest BCUT2D eigenvalue weighted by molar-refractivity contribution is 6.15. The van der Waals surface area contributed by atoms with Gasteiger partial charge in [-0.15, -0.1) is 0 Å². The molecule has 5 heteroatoms. The van der Waals surface area contributed by atoms with Gasteiger partial charge >= 0.3 is 0 Å². The van der Waals surface area contributed by atoms with Gasteiger partial charge in [-0.1, -0.05) is 18.2 Å². The molecule has 2 aromatic rings. The van der Waals surface area contributed by atoms with Gasteiger partial charge in [0.1, 0.15) is 5.82 Å². The zero-order valence-corrected chi connectivity index (χ0v) is 11.7. The van der Waals surface area contributed by atoms with E-state index in [1.165, 1.54) is 29.2 Å². The van der Waals surface area contributed by atoms with Gasteiger partial charge in [0.2, 0.25) is 0 Å². The highest BCUT2D eigenvalue weighted by atomic mass is 19.1. The van der Waals surface area contributed by atoms with Crippen LogP contribution < -0.4 is 0 Å². The molecule has 0 unspecified atom stereocenters. The number of aliphatic hydroxyl groups is 1. The number of amides is 1. The van der Waals surface area contributed by atoms with Crippen molar-refractivity contribution in [1.82, 2.24) is 4.90 Å². The van der Waals surface area contributed by atoms with E-state index in [-0.39, 0.29) is 30.3 Å². The summed E-state index contributed by atoms with van der Waals surface area (Å²) in [4.78, 5) is 26.4. The Morgan fingerprint density at radius 3 is 2.18 bits per heavy atom. The molecule has 0 radical (unpaired) electrons. The fourth-order valence-electron chi connectivity index (χ4n) is 2.42. The number of rotatable bonds is 3. The van der Waals surface area contributed by atoms with E-state index in [2.05, 4.69) is 0 Å². The molecule has 0 atom stereocenters. The van der Waals surface area contributed by atoms with E-state index in [4.69, 9.17) is 0 Å². The molecule has 1 heterocycles. The molecule has 0 spiro atoms. The first kappa shape index (κ1) is 14.4. The number of β-amino-alcohol motifs (C(OH)–C–C–N with tert-alkyl or cyclic N) is 1. The molecule has 0 aliphatic carbocycles. The van der Waals surface area contributed by atoms with E-state index in [1.54, 1.807) is 24.3 Å². The molecule has 3 rings (SSSR count). The summed E-state index contributed by atoms with van der Waals surface area (Å²) < 4.78 is 13.0. The normalized spacial score (nSPS) is 14.5. The lowest BCUT2D eigenvalue weighted by Gasteiger charge is -2.36. The second kappa shape index (κ2) is 5.69. The van der Waals surface area contributed by atoms with Crippen LogP contribution in [0, 0.1) is 5.82 Å². The number of hydrogen-bond acceptors (Lipinski definition) is 3. The van der Waals surface area contributed by atoms with Crippen molar-refractivity contribution in [2.45, 2.75) is 6.10 Å². The minimum atomic E-state index is -0.496. The van der Waals surface area contributed by atoms with Crippen LogP contribution in [0.25, 0.3) is 0 Å². The summed E-state index contributed by atoms with van der Waals surface area (Å²) >= 11 is 0. The number of nitrogens with zero attached hydrogens (tertiary/aromatic N) is 1. The number of carbonyl (C=O) groups is 2. The molecule has 112 valence electrons. The molecule has 0 aromatic heterocycles. The number of carbonyl (C=O) groups excluding carboxylic acids is 2. The molecule has 2 aromatic carbocycles. The van der Waals surface area contributed by atoms with Gasteiger partial charge in [-0.3, -0.25) is 9.59 Å². The Hall–Kier alpha value is -2.53. The third-order valence-corrected chi connectivity index (χ3v) is 3.66. The Bertz CT molecular complexity index is 721. The van der Waals surface area contributed by atoms with Gasteiger partial charge in [0, 0.05) is 24.2 Å². The highest BCUT2D eigenvalue weighted by Crippen LogP contribution is 2.19. The zero-order chi connectivity index (χ0) is 15.7. The highest BCUT2D eigenvalue weighted by Gasteiger charge is 2.31. The van der Waals surface area contributed by atoms with Gasteiger partial charge < -0.3 is 10.0 Å². The van der Waals surface area contributed by atoms with Gasteiger partial charge in [-0.2, -0.15) is 0 Å². The number of likely N-dealkylation sites (tertiary alicyclic amines) is 1. The van der Waals surface area contributed by atoms with Crippen molar-refractivity contribution in [3.63, 3.8) is 0 Å². The van der Waals surface area contributed by atoms with Crippen molar-refractivity contribution in [3.8, 4) is 0 Å². The lowest BCUT2D eigenvalue weighted by atomic mass is 9.96. The predicted octanol–water partition coefficient (Wildman–Crippen LogP) is 1.87. The van der Waals surface area contributed by atoms with Crippen molar-refractivity contribution < 1.29 is 19.1 Å². The molecule has 1 fully saturated rings. The third-order valence-electron chi connectivity index (χ3n) is 3.66. The Kier molecular flexibility index (Phi) is 3.73. The van der Waals surface area contributed by atoms with E-state index in [0.717, 1.165) is 0 Å². The molecule has 1 saturated heterocycles. The zero-order valence-electron chi connectivity index (χ0n) is 11.7. The quantitative estimate of drug-likeness (QED) is 0.880. The largest absolute Gasteiger partial charge is 0.389 e. The molecule has 0 saturated carbocycles. The molecular formula is C17H14FNO3.